The Hall–Kier alpha value is -1.95. The molecule has 0 radical (unpaired) electrons. The van der Waals surface area contributed by atoms with Gasteiger partial charge in [-0.15, -0.1) is 0 Å². The highest BCUT2D eigenvalue weighted by Gasteiger charge is 2.36. The molecule has 0 unspecified atom stereocenters. The summed E-state index contributed by atoms with van der Waals surface area (Å²) in [6.45, 7) is 3.86. The Labute approximate surface area is 149 Å². The molecule has 1 saturated heterocycles. The molecular formula is C20H27N3O2. The van der Waals surface area contributed by atoms with Crippen molar-refractivity contribution in [2.24, 2.45) is 0 Å². The Morgan fingerprint density at radius 1 is 1.24 bits per heavy atom. The van der Waals surface area contributed by atoms with Crippen LogP contribution >= 0.6 is 0 Å². The maximum absolute atomic E-state index is 11.0. The molecule has 2 heterocycles. The fourth-order valence-corrected chi connectivity index (χ4v) is 3.62. The highest BCUT2D eigenvalue weighted by Crippen LogP contribution is 2.25. The monoisotopic (exact) mass is 341 g/mol. The van der Waals surface area contributed by atoms with Crippen LogP contribution in [0.1, 0.15) is 17.5 Å². The van der Waals surface area contributed by atoms with E-state index in [2.05, 4.69) is 39.0 Å². The number of nitrogens with zero attached hydrogens (tertiary/aromatic N) is 3. The minimum atomic E-state index is -0.668. The highest BCUT2D eigenvalue weighted by molar-refractivity contribution is 5.25. The molecule has 2 aromatic rings. The minimum Gasteiger partial charge on any atom is -0.481 e. The summed E-state index contributed by atoms with van der Waals surface area (Å²) < 4.78 is 5.32. The first-order valence-corrected chi connectivity index (χ1v) is 8.73. The van der Waals surface area contributed by atoms with Crippen LogP contribution in [0.4, 0.5) is 0 Å². The van der Waals surface area contributed by atoms with Crippen LogP contribution in [0.25, 0.3) is 0 Å². The predicted molar refractivity (Wildman–Crippen MR) is 98.4 cm³/mol. The van der Waals surface area contributed by atoms with E-state index in [1.54, 1.807) is 13.3 Å². The van der Waals surface area contributed by atoms with Gasteiger partial charge in [-0.1, -0.05) is 36.4 Å². The number of hydrogen-bond acceptors (Lipinski definition) is 5. The van der Waals surface area contributed by atoms with E-state index in [0.29, 0.717) is 25.5 Å². The first kappa shape index (κ1) is 17.9. The average molecular weight is 341 g/mol. The highest BCUT2D eigenvalue weighted by atomic mass is 16.5. The van der Waals surface area contributed by atoms with Crippen LogP contribution in [0, 0.1) is 0 Å². The Morgan fingerprint density at radius 3 is 2.80 bits per heavy atom. The largest absolute Gasteiger partial charge is 0.481 e. The van der Waals surface area contributed by atoms with E-state index in [-0.39, 0.29) is 0 Å². The number of benzene rings is 1. The minimum absolute atomic E-state index is 0.635. The predicted octanol–water partition coefficient (Wildman–Crippen LogP) is 2.16. The first-order valence-electron chi connectivity index (χ1n) is 8.73. The number of methoxy groups -OCH3 is 1. The van der Waals surface area contributed by atoms with Crippen molar-refractivity contribution in [3.63, 3.8) is 0 Å². The van der Waals surface area contributed by atoms with Crippen molar-refractivity contribution >= 4 is 0 Å². The molecule has 0 spiro atoms. The van der Waals surface area contributed by atoms with Gasteiger partial charge in [0.2, 0.25) is 5.88 Å². The van der Waals surface area contributed by atoms with Gasteiger partial charge in [-0.2, -0.15) is 0 Å². The lowest BCUT2D eigenvalue weighted by atomic mass is 10.0. The van der Waals surface area contributed by atoms with Crippen molar-refractivity contribution < 1.29 is 9.84 Å². The second-order valence-corrected chi connectivity index (χ2v) is 7.01. The Balaban J connectivity index is 1.55. The molecule has 0 bridgehead atoms. The fourth-order valence-electron chi connectivity index (χ4n) is 3.62. The maximum Gasteiger partial charge on any atom is 0.217 e. The summed E-state index contributed by atoms with van der Waals surface area (Å²) in [5, 5.41) is 11.0. The summed E-state index contributed by atoms with van der Waals surface area (Å²) in [6.07, 6.45) is 2.53. The number of hydrogen-bond donors (Lipinski definition) is 1. The Kier molecular flexibility index (Phi) is 5.68. The van der Waals surface area contributed by atoms with Gasteiger partial charge in [-0.25, -0.2) is 4.98 Å². The van der Waals surface area contributed by atoms with Crippen LogP contribution in [-0.2, 0) is 13.1 Å². The van der Waals surface area contributed by atoms with Crippen LogP contribution < -0.4 is 4.74 Å². The van der Waals surface area contributed by atoms with E-state index in [1.165, 1.54) is 5.56 Å². The number of ether oxygens (including phenoxy) is 1. The summed E-state index contributed by atoms with van der Waals surface area (Å²) in [7, 11) is 3.67. The van der Waals surface area contributed by atoms with Gasteiger partial charge in [0.1, 0.15) is 0 Å². The van der Waals surface area contributed by atoms with Gasteiger partial charge >= 0.3 is 0 Å². The molecular weight excluding hydrogens is 314 g/mol. The molecule has 1 atom stereocenters. The van der Waals surface area contributed by atoms with E-state index in [4.69, 9.17) is 4.74 Å². The molecule has 0 aliphatic carbocycles. The summed E-state index contributed by atoms with van der Waals surface area (Å²) in [5.74, 6) is 0.651. The lowest BCUT2D eigenvalue weighted by Gasteiger charge is -2.29. The van der Waals surface area contributed by atoms with Crippen LogP contribution in [-0.4, -0.2) is 59.3 Å². The van der Waals surface area contributed by atoms with E-state index in [1.807, 2.05) is 25.2 Å². The van der Waals surface area contributed by atoms with Crippen molar-refractivity contribution in [2.45, 2.75) is 25.1 Å². The van der Waals surface area contributed by atoms with Crippen LogP contribution in [0.3, 0.4) is 0 Å². The average Bonchev–Trinajstić information content (AvgIpc) is 2.96. The molecule has 0 saturated carbocycles. The van der Waals surface area contributed by atoms with Gasteiger partial charge in [0.15, 0.2) is 0 Å². The third kappa shape index (κ3) is 4.78. The molecule has 0 amide bonds. The van der Waals surface area contributed by atoms with Crippen molar-refractivity contribution in [1.29, 1.82) is 0 Å². The number of pyridine rings is 1. The van der Waals surface area contributed by atoms with Gasteiger partial charge in [0.05, 0.1) is 12.7 Å². The van der Waals surface area contributed by atoms with Gasteiger partial charge in [-0.05, 0) is 25.1 Å². The normalized spacial score (nSPS) is 21.0. The summed E-state index contributed by atoms with van der Waals surface area (Å²) in [6, 6.07) is 14.4. The molecule has 5 heteroatoms. The van der Waals surface area contributed by atoms with E-state index in [9.17, 15) is 5.11 Å². The summed E-state index contributed by atoms with van der Waals surface area (Å²) >= 11 is 0. The van der Waals surface area contributed by atoms with Crippen molar-refractivity contribution in [1.82, 2.24) is 14.8 Å². The number of rotatable bonds is 7. The standard InChI is InChI=1S/C20H27N3O2/c1-22(14-18-9-6-11-21-19(18)25-2)15-20(24)10-12-23(16-20)13-17-7-4-3-5-8-17/h3-9,11,24H,10,12-16H2,1-2H3/t20-/m0/s1. The van der Waals surface area contributed by atoms with Gasteiger partial charge in [-0.3, -0.25) is 9.80 Å². The Morgan fingerprint density at radius 2 is 2.04 bits per heavy atom. The molecule has 134 valence electrons. The third-order valence-electron chi connectivity index (χ3n) is 4.71. The van der Waals surface area contributed by atoms with Crippen molar-refractivity contribution in [3.8, 4) is 5.88 Å². The van der Waals surface area contributed by atoms with Crippen molar-refractivity contribution in [2.75, 3.05) is 33.8 Å². The topological polar surface area (TPSA) is 48.8 Å². The van der Waals surface area contributed by atoms with Gasteiger partial charge in [0, 0.05) is 44.5 Å². The quantitative estimate of drug-likeness (QED) is 0.836. The lowest BCUT2D eigenvalue weighted by molar-refractivity contribution is 0.0160. The molecule has 3 rings (SSSR count). The zero-order valence-corrected chi connectivity index (χ0v) is 15.1. The fraction of sp³-hybridized carbons (Fsp3) is 0.450. The molecule has 1 N–H and O–H groups in total. The second kappa shape index (κ2) is 7.95. The molecule has 1 fully saturated rings. The van der Waals surface area contributed by atoms with Crippen LogP contribution in [0.5, 0.6) is 5.88 Å². The zero-order chi connectivity index (χ0) is 17.7. The second-order valence-electron chi connectivity index (χ2n) is 7.01. The van der Waals surface area contributed by atoms with Crippen LogP contribution in [0.15, 0.2) is 48.7 Å². The smallest absolute Gasteiger partial charge is 0.217 e. The molecule has 1 aliphatic heterocycles. The number of likely N-dealkylation sites (N-methyl/N-ethyl adjacent to an activating group) is 1. The van der Waals surface area contributed by atoms with E-state index in [0.717, 1.165) is 25.1 Å². The number of likely N-dealkylation sites (tertiary alicyclic amines) is 1. The third-order valence-corrected chi connectivity index (χ3v) is 4.71. The SMILES string of the molecule is COc1ncccc1CN(C)C[C@@]1(O)CCN(Cc2ccccc2)C1. The summed E-state index contributed by atoms with van der Waals surface area (Å²) in [4.78, 5) is 8.71. The number of aliphatic hydroxyl groups is 1. The lowest BCUT2D eigenvalue weighted by Crippen LogP contribution is -2.43. The molecule has 5 nitrogen and oxygen atoms in total. The molecule has 1 aromatic carbocycles. The van der Waals surface area contributed by atoms with E-state index >= 15 is 0 Å². The molecule has 1 aliphatic rings. The van der Waals surface area contributed by atoms with Crippen LogP contribution in [0.2, 0.25) is 0 Å². The first-order chi connectivity index (χ1) is 12.1. The zero-order valence-electron chi connectivity index (χ0n) is 15.1. The number of aromatic nitrogens is 1. The van der Waals surface area contributed by atoms with Gasteiger partial charge in [0.25, 0.3) is 0 Å². The van der Waals surface area contributed by atoms with Crippen molar-refractivity contribution in [3.05, 3.63) is 59.8 Å². The number of β-amino-alcohol motifs (C(OH)–C–C–N with tert-alkyl or cyclic N) is 1. The molecule has 1 aromatic heterocycles. The van der Waals surface area contributed by atoms with E-state index < -0.39 is 5.60 Å². The van der Waals surface area contributed by atoms with Gasteiger partial charge < -0.3 is 9.84 Å². The Bertz CT molecular complexity index is 680. The maximum atomic E-state index is 11.0. The molecule has 25 heavy (non-hydrogen) atoms. The summed E-state index contributed by atoms with van der Waals surface area (Å²) in [5.41, 5.74) is 1.66.